The van der Waals surface area contributed by atoms with E-state index < -0.39 is 0 Å². The van der Waals surface area contributed by atoms with Crippen LogP contribution < -0.4 is 0 Å². The lowest BCUT2D eigenvalue weighted by Crippen LogP contribution is -2.46. The smallest absolute Gasteiger partial charge is 0.246 e. The Hall–Kier alpha value is -0.830. The standard InChI is InChI=1S/C10H16N2O/c1-2-10(13)12-7-4-9(8-12)11-5-3-6-11/h2,9H,1,3-8H2/t9-/m0/s1. The van der Waals surface area contributed by atoms with Gasteiger partial charge in [0, 0.05) is 19.1 Å². The zero-order valence-corrected chi connectivity index (χ0v) is 7.91. The Kier molecular flexibility index (Phi) is 2.36. The van der Waals surface area contributed by atoms with Crippen LogP contribution in [0.2, 0.25) is 0 Å². The highest BCUT2D eigenvalue weighted by Crippen LogP contribution is 2.20. The summed E-state index contributed by atoms with van der Waals surface area (Å²) in [6.45, 7) is 7.77. The summed E-state index contributed by atoms with van der Waals surface area (Å²) in [5, 5.41) is 0. The van der Waals surface area contributed by atoms with Crippen molar-refractivity contribution in [2.45, 2.75) is 18.9 Å². The molecule has 0 radical (unpaired) electrons. The van der Waals surface area contributed by atoms with E-state index in [2.05, 4.69) is 11.5 Å². The summed E-state index contributed by atoms with van der Waals surface area (Å²) in [5.41, 5.74) is 0. The fourth-order valence-corrected chi connectivity index (χ4v) is 2.07. The molecule has 3 heteroatoms. The second-order valence-electron chi connectivity index (χ2n) is 3.82. The molecule has 2 fully saturated rings. The van der Waals surface area contributed by atoms with Crippen molar-refractivity contribution < 1.29 is 4.79 Å². The molecule has 2 saturated heterocycles. The van der Waals surface area contributed by atoms with E-state index in [4.69, 9.17) is 0 Å². The Balaban J connectivity index is 1.86. The van der Waals surface area contributed by atoms with E-state index in [1.165, 1.54) is 25.6 Å². The normalized spacial score (nSPS) is 28.6. The van der Waals surface area contributed by atoms with Crippen LogP contribution in [-0.2, 0) is 4.79 Å². The van der Waals surface area contributed by atoms with Crippen molar-refractivity contribution in [1.29, 1.82) is 0 Å². The number of carbonyl (C=O) groups is 1. The van der Waals surface area contributed by atoms with Gasteiger partial charge in [-0.25, -0.2) is 0 Å². The monoisotopic (exact) mass is 180 g/mol. The van der Waals surface area contributed by atoms with Crippen LogP contribution in [0.4, 0.5) is 0 Å². The van der Waals surface area contributed by atoms with E-state index in [-0.39, 0.29) is 5.91 Å². The molecule has 0 aromatic heterocycles. The molecule has 2 rings (SSSR count). The molecule has 2 aliphatic heterocycles. The van der Waals surface area contributed by atoms with Gasteiger partial charge >= 0.3 is 0 Å². The first-order chi connectivity index (χ1) is 6.31. The van der Waals surface area contributed by atoms with E-state index in [1.54, 1.807) is 0 Å². The quantitative estimate of drug-likeness (QED) is 0.577. The average molecular weight is 180 g/mol. The zero-order valence-electron chi connectivity index (χ0n) is 7.91. The molecular weight excluding hydrogens is 164 g/mol. The Morgan fingerprint density at radius 2 is 2.15 bits per heavy atom. The highest BCUT2D eigenvalue weighted by molar-refractivity contribution is 5.87. The summed E-state index contributed by atoms with van der Waals surface area (Å²) in [5.74, 6) is 0.0861. The molecule has 1 amide bonds. The van der Waals surface area contributed by atoms with Crippen molar-refractivity contribution in [3.63, 3.8) is 0 Å². The summed E-state index contributed by atoms with van der Waals surface area (Å²) in [6.07, 6.45) is 3.88. The molecular formula is C10H16N2O. The Morgan fingerprint density at radius 3 is 2.69 bits per heavy atom. The van der Waals surface area contributed by atoms with Gasteiger partial charge in [-0.15, -0.1) is 0 Å². The predicted molar refractivity (Wildman–Crippen MR) is 51.4 cm³/mol. The van der Waals surface area contributed by atoms with E-state index >= 15 is 0 Å². The van der Waals surface area contributed by atoms with Gasteiger partial charge < -0.3 is 4.90 Å². The number of rotatable bonds is 2. The number of amides is 1. The maximum Gasteiger partial charge on any atom is 0.246 e. The van der Waals surface area contributed by atoms with Crippen LogP contribution in [0.5, 0.6) is 0 Å². The van der Waals surface area contributed by atoms with Gasteiger partial charge in [-0.1, -0.05) is 6.58 Å². The van der Waals surface area contributed by atoms with E-state index in [0.29, 0.717) is 6.04 Å². The van der Waals surface area contributed by atoms with Gasteiger partial charge in [0.15, 0.2) is 0 Å². The maximum absolute atomic E-state index is 11.3. The highest BCUT2D eigenvalue weighted by atomic mass is 16.2. The number of hydrogen-bond acceptors (Lipinski definition) is 2. The number of carbonyl (C=O) groups excluding carboxylic acids is 1. The molecule has 0 aliphatic carbocycles. The molecule has 0 unspecified atom stereocenters. The molecule has 0 aromatic rings. The predicted octanol–water partition coefficient (Wildman–Crippen LogP) is 0.479. The van der Waals surface area contributed by atoms with Crippen molar-refractivity contribution in [1.82, 2.24) is 9.80 Å². The van der Waals surface area contributed by atoms with Gasteiger partial charge in [0.05, 0.1) is 0 Å². The first kappa shape index (κ1) is 8.75. The van der Waals surface area contributed by atoms with Crippen molar-refractivity contribution in [3.8, 4) is 0 Å². The Morgan fingerprint density at radius 1 is 1.38 bits per heavy atom. The fraction of sp³-hybridized carbons (Fsp3) is 0.700. The van der Waals surface area contributed by atoms with Crippen LogP contribution >= 0.6 is 0 Å². The minimum absolute atomic E-state index is 0.0861. The third-order valence-electron chi connectivity index (χ3n) is 3.06. The topological polar surface area (TPSA) is 23.6 Å². The summed E-state index contributed by atoms with van der Waals surface area (Å²) in [6, 6.07) is 0.623. The van der Waals surface area contributed by atoms with Crippen LogP contribution in [0.25, 0.3) is 0 Å². The third-order valence-corrected chi connectivity index (χ3v) is 3.06. The minimum atomic E-state index is 0.0861. The van der Waals surface area contributed by atoms with Crippen molar-refractivity contribution in [2.24, 2.45) is 0 Å². The minimum Gasteiger partial charge on any atom is -0.338 e. The summed E-state index contributed by atoms with van der Waals surface area (Å²) in [7, 11) is 0. The van der Waals surface area contributed by atoms with Gasteiger partial charge in [-0.05, 0) is 32.0 Å². The second kappa shape index (κ2) is 3.50. The molecule has 2 aliphatic rings. The maximum atomic E-state index is 11.3. The van der Waals surface area contributed by atoms with E-state index in [9.17, 15) is 4.79 Å². The van der Waals surface area contributed by atoms with Gasteiger partial charge in [0.25, 0.3) is 0 Å². The largest absolute Gasteiger partial charge is 0.338 e. The highest BCUT2D eigenvalue weighted by Gasteiger charge is 2.31. The number of nitrogens with zero attached hydrogens (tertiary/aromatic N) is 2. The van der Waals surface area contributed by atoms with Crippen molar-refractivity contribution >= 4 is 5.91 Å². The van der Waals surface area contributed by atoms with E-state index in [1.807, 2.05) is 4.90 Å². The van der Waals surface area contributed by atoms with Gasteiger partial charge in [0.2, 0.25) is 5.91 Å². The molecule has 0 N–H and O–H groups in total. The van der Waals surface area contributed by atoms with Crippen LogP contribution in [0.15, 0.2) is 12.7 Å². The number of hydrogen-bond donors (Lipinski definition) is 0. The second-order valence-corrected chi connectivity index (χ2v) is 3.82. The van der Waals surface area contributed by atoms with Gasteiger partial charge in [-0.2, -0.15) is 0 Å². The van der Waals surface area contributed by atoms with Crippen LogP contribution in [0.1, 0.15) is 12.8 Å². The summed E-state index contributed by atoms with van der Waals surface area (Å²) >= 11 is 0. The zero-order chi connectivity index (χ0) is 9.26. The molecule has 72 valence electrons. The lowest BCUT2D eigenvalue weighted by atomic mass is 10.1. The van der Waals surface area contributed by atoms with Crippen molar-refractivity contribution in [3.05, 3.63) is 12.7 Å². The molecule has 13 heavy (non-hydrogen) atoms. The molecule has 0 saturated carbocycles. The van der Waals surface area contributed by atoms with Gasteiger partial charge in [-0.3, -0.25) is 9.69 Å². The summed E-state index contributed by atoms with van der Waals surface area (Å²) < 4.78 is 0. The summed E-state index contributed by atoms with van der Waals surface area (Å²) in [4.78, 5) is 15.6. The third kappa shape index (κ3) is 1.61. The Bertz CT molecular complexity index is 223. The Labute approximate surface area is 79.0 Å². The molecule has 0 spiro atoms. The van der Waals surface area contributed by atoms with Crippen LogP contribution in [-0.4, -0.2) is 47.9 Å². The molecule has 1 atom stereocenters. The number of likely N-dealkylation sites (tertiary alicyclic amines) is 2. The van der Waals surface area contributed by atoms with Gasteiger partial charge in [0.1, 0.15) is 0 Å². The lowest BCUT2D eigenvalue weighted by Gasteiger charge is -2.36. The van der Waals surface area contributed by atoms with Crippen LogP contribution in [0, 0.1) is 0 Å². The lowest BCUT2D eigenvalue weighted by molar-refractivity contribution is -0.125. The molecule has 2 heterocycles. The first-order valence-electron chi connectivity index (χ1n) is 4.96. The van der Waals surface area contributed by atoms with E-state index in [0.717, 1.165) is 19.5 Å². The molecule has 0 aromatic carbocycles. The average Bonchev–Trinajstić information content (AvgIpc) is 2.49. The first-order valence-corrected chi connectivity index (χ1v) is 4.96. The van der Waals surface area contributed by atoms with Crippen molar-refractivity contribution in [2.75, 3.05) is 26.2 Å². The van der Waals surface area contributed by atoms with Crippen LogP contribution in [0.3, 0.4) is 0 Å². The SMILES string of the molecule is C=CC(=O)N1CC[C@H](N2CCC2)C1. The fourth-order valence-electron chi connectivity index (χ4n) is 2.07. The molecule has 0 bridgehead atoms. The molecule has 3 nitrogen and oxygen atoms in total.